The highest BCUT2D eigenvalue weighted by Crippen LogP contribution is 2.25. The molecule has 4 nitrogen and oxygen atoms in total. The van der Waals surface area contributed by atoms with Gasteiger partial charge in [-0.05, 0) is 31.9 Å². The molecule has 4 heteroatoms. The molecule has 0 saturated carbocycles. The summed E-state index contributed by atoms with van der Waals surface area (Å²) in [4.78, 5) is 6.44. The highest BCUT2D eigenvalue weighted by Gasteiger charge is 2.26. The van der Waals surface area contributed by atoms with E-state index in [1.807, 2.05) is 12.1 Å². The molecule has 88 valence electrons. The van der Waals surface area contributed by atoms with Crippen molar-refractivity contribution in [1.29, 1.82) is 0 Å². The average Bonchev–Trinajstić information content (AvgIpc) is 2.29. The van der Waals surface area contributed by atoms with Crippen LogP contribution in [0.25, 0.3) is 0 Å². The van der Waals surface area contributed by atoms with Gasteiger partial charge in [0.1, 0.15) is 0 Å². The van der Waals surface area contributed by atoms with Crippen LogP contribution < -0.4 is 10.6 Å². The van der Waals surface area contributed by atoms with Crippen LogP contribution in [-0.2, 0) is 6.61 Å². The molecule has 0 aliphatic carbocycles. The van der Waals surface area contributed by atoms with E-state index in [-0.39, 0.29) is 12.1 Å². The number of anilines is 1. The van der Waals surface area contributed by atoms with Gasteiger partial charge in [0.2, 0.25) is 0 Å². The number of aliphatic hydroxyl groups excluding tert-OH is 1. The van der Waals surface area contributed by atoms with Crippen molar-refractivity contribution in [2.24, 2.45) is 5.73 Å². The van der Waals surface area contributed by atoms with E-state index >= 15 is 0 Å². The Labute approximate surface area is 96.1 Å². The molecule has 1 aromatic heterocycles. The molecule has 0 aromatic carbocycles. The smallest absolute Gasteiger partial charge is 0.0890 e. The van der Waals surface area contributed by atoms with E-state index in [0.29, 0.717) is 0 Å². The van der Waals surface area contributed by atoms with Crippen LogP contribution in [0, 0.1) is 0 Å². The number of rotatable bonds is 2. The summed E-state index contributed by atoms with van der Waals surface area (Å²) < 4.78 is 0. The molecule has 0 spiro atoms. The maximum Gasteiger partial charge on any atom is 0.0890 e. The third-order valence-electron chi connectivity index (χ3n) is 3.26. The van der Waals surface area contributed by atoms with Crippen LogP contribution in [0.3, 0.4) is 0 Å². The Hall–Kier alpha value is -1.13. The summed E-state index contributed by atoms with van der Waals surface area (Å²) in [6.45, 7) is 3.96. The van der Waals surface area contributed by atoms with Crippen molar-refractivity contribution < 1.29 is 5.11 Å². The fourth-order valence-corrected chi connectivity index (χ4v) is 2.10. The largest absolute Gasteiger partial charge is 0.390 e. The second kappa shape index (κ2) is 4.39. The Balaban J connectivity index is 2.14. The SMILES string of the molecule is CC1(N)CCN(c2cccnc2CO)CC1. The molecule has 1 saturated heterocycles. The van der Waals surface area contributed by atoms with E-state index in [1.54, 1.807) is 6.20 Å². The lowest BCUT2D eigenvalue weighted by molar-refractivity contribution is 0.276. The van der Waals surface area contributed by atoms with Gasteiger partial charge in [0.25, 0.3) is 0 Å². The number of piperidine rings is 1. The van der Waals surface area contributed by atoms with Crippen LogP contribution in [0.1, 0.15) is 25.5 Å². The number of aromatic nitrogens is 1. The zero-order valence-electron chi connectivity index (χ0n) is 9.69. The summed E-state index contributed by atoms with van der Waals surface area (Å²) in [7, 11) is 0. The summed E-state index contributed by atoms with van der Waals surface area (Å²) in [5.74, 6) is 0. The molecule has 16 heavy (non-hydrogen) atoms. The average molecular weight is 221 g/mol. The summed E-state index contributed by atoms with van der Waals surface area (Å²) in [6, 6.07) is 3.92. The zero-order chi connectivity index (χ0) is 11.6. The third kappa shape index (κ3) is 2.33. The lowest BCUT2D eigenvalue weighted by atomic mass is 9.91. The second-order valence-corrected chi connectivity index (χ2v) is 4.77. The Morgan fingerprint density at radius 2 is 2.19 bits per heavy atom. The van der Waals surface area contributed by atoms with Crippen LogP contribution in [0.4, 0.5) is 5.69 Å². The highest BCUT2D eigenvalue weighted by atomic mass is 16.3. The topological polar surface area (TPSA) is 62.4 Å². The van der Waals surface area contributed by atoms with E-state index < -0.39 is 0 Å². The first kappa shape index (κ1) is 11.4. The molecule has 0 bridgehead atoms. The molecule has 2 heterocycles. The molecule has 1 aliphatic heterocycles. The van der Waals surface area contributed by atoms with E-state index in [2.05, 4.69) is 16.8 Å². The molecule has 1 aliphatic rings. The van der Waals surface area contributed by atoms with Gasteiger partial charge < -0.3 is 15.7 Å². The van der Waals surface area contributed by atoms with Gasteiger partial charge in [-0.15, -0.1) is 0 Å². The summed E-state index contributed by atoms with van der Waals surface area (Å²) in [5.41, 5.74) is 7.85. The predicted molar refractivity (Wildman–Crippen MR) is 64.2 cm³/mol. The van der Waals surface area contributed by atoms with Gasteiger partial charge in [0.05, 0.1) is 18.0 Å². The summed E-state index contributed by atoms with van der Waals surface area (Å²) in [5, 5.41) is 9.24. The molecular weight excluding hydrogens is 202 g/mol. The maximum atomic E-state index is 9.24. The Bertz CT molecular complexity index is 355. The van der Waals surface area contributed by atoms with Gasteiger partial charge in [0, 0.05) is 24.8 Å². The van der Waals surface area contributed by atoms with Crippen LogP contribution in [0.15, 0.2) is 18.3 Å². The minimum absolute atomic E-state index is 0.00737. The monoisotopic (exact) mass is 221 g/mol. The van der Waals surface area contributed by atoms with Crippen molar-refractivity contribution in [3.05, 3.63) is 24.0 Å². The molecule has 1 fully saturated rings. The summed E-state index contributed by atoms with van der Waals surface area (Å²) in [6.07, 6.45) is 3.67. The molecule has 0 amide bonds. The third-order valence-corrected chi connectivity index (χ3v) is 3.26. The van der Waals surface area contributed by atoms with E-state index in [0.717, 1.165) is 37.3 Å². The van der Waals surface area contributed by atoms with Gasteiger partial charge in [-0.2, -0.15) is 0 Å². The number of hydrogen-bond donors (Lipinski definition) is 2. The standard InChI is InChI=1S/C12H19N3O/c1-12(13)4-7-15(8-5-12)11-3-2-6-14-10(11)9-16/h2-3,6,16H,4-5,7-9,13H2,1H3. The fourth-order valence-electron chi connectivity index (χ4n) is 2.10. The Kier molecular flexibility index (Phi) is 3.12. The lowest BCUT2D eigenvalue weighted by Gasteiger charge is -2.38. The number of hydrogen-bond acceptors (Lipinski definition) is 4. The fraction of sp³-hybridized carbons (Fsp3) is 0.583. The molecule has 1 aromatic rings. The van der Waals surface area contributed by atoms with E-state index in [1.165, 1.54) is 0 Å². The van der Waals surface area contributed by atoms with Gasteiger partial charge in [-0.1, -0.05) is 0 Å². The van der Waals surface area contributed by atoms with Crippen LogP contribution in [-0.4, -0.2) is 28.7 Å². The normalized spacial score (nSPS) is 19.8. The van der Waals surface area contributed by atoms with Gasteiger partial charge in [-0.3, -0.25) is 4.98 Å². The number of aliphatic hydroxyl groups is 1. The van der Waals surface area contributed by atoms with E-state index in [4.69, 9.17) is 5.73 Å². The molecular formula is C12H19N3O. The molecule has 0 radical (unpaired) electrons. The quantitative estimate of drug-likeness (QED) is 0.778. The van der Waals surface area contributed by atoms with Crippen molar-refractivity contribution in [2.75, 3.05) is 18.0 Å². The first-order valence-electron chi connectivity index (χ1n) is 5.71. The lowest BCUT2D eigenvalue weighted by Crippen LogP contribution is -2.48. The van der Waals surface area contributed by atoms with Gasteiger partial charge in [-0.25, -0.2) is 0 Å². The van der Waals surface area contributed by atoms with Gasteiger partial charge >= 0.3 is 0 Å². The van der Waals surface area contributed by atoms with Crippen LogP contribution in [0.2, 0.25) is 0 Å². The first-order valence-corrected chi connectivity index (χ1v) is 5.71. The molecule has 3 N–H and O–H groups in total. The van der Waals surface area contributed by atoms with Crippen molar-refractivity contribution >= 4 is 5.69 Å². The zero-order valence-corrected chi connectivity index (χ0v) is 9.69. The van der Waals surface area contributed by atoms with Crippen molar-refractivity contribution in [1.82, 2.24) is 4.98 Å². The number of nitrogens with zero attached hydrogens (tertiary/aromatic N) is 2. The molecule has 0 atom stereocenters. The number of pyridine rings is 1. The second-order valence-electron chi connectivity index (χ2n) is 4.77. The van der Waals surface area contributed by atoms with Gasteiger partial charge in [0.15, 0.2) is 0 Å². The van der Waals surface area contributed by atoms with Crippen molar-refractivity contribution in [3.8, 4) is 0 Å². The summed E-state index contributed by atoms with van der Waals surface area (Å²) >= 11 is 0. The van der Waals surface area contributed by atoms with Crippen molar-refractivity contribution in [3.63, 3.8) is 0 Å². The maximum absolute atomic E-state index is 9.24. The van der Waals surface area contributed by atoms with Crippen molar-refractivity contribution in [2.45, 2.75) is 31.9 Å². The van der Waals surface area contributed by atoms with E-state index in [9.17, 15) is 5.11 Å². The minimum atomic E-state index is -0.0436. The minimum Gasteiger partial charge on any atom is -0.390 e. The predicted octanol–water partition coefficient (Wildman–Crippen LogP) is 0.892. The Morgan fingerprint density at radius 1 is 1.50 bits per heavy atom. The first-order chi connectivity index (χ1) is 7.62. The van der Waals surface area contributed by atoms with Crippen LogP contribution in [0.5, 0.6) is 0 Å². The molecule has 0 unspecified atom stereocenters. The highest BCUT2D eigenvalue weighted by molar-refractivity contribution is 5.50. The molecule has 2 rings (SSSR count). The van der Waals surface area contributed by atoms with Crippen LogP contribution >= 0.6 is 0 Å². The number of nitrogens with two attached hydrogens (primary N) is 1. The Morgan fingerprint density at radius 3 is 2.81 bits per heavy atom.